The molecule has 0 bridgehead atoms. The van der Waals surface area contributed by atoms with Gasteiger partial charge in [-0.15, -0.1) is 0 Å². The quantitative estimate of drug-likeness (QED) is 0.169. The Kier molecular flexibility index (Phi) is 18.3. The number of hydrogen-bond donors (Lipinski definition) is 0. The first-order chi connectivity index (χ1) is 12.7. The molecular formula is C22H38NaO3S. The predicted molar refractivity (Wildman–Crippen MR) is 116 cm³/mol. The van der Waals surface area contributed by atoms with Crippen LogP contribution in [0.4, 0.5) is 0 Å². The van der Waals surface area contributed by atoms with E-state index in [-0.39, 0.29) is 41.1 Å². The van der Waals surface area contributed by atoms with E-state index in [1.54, 1.807) is 30.3 Å². The zero-order chi connectivity index (χ0) is 18.9. The molecular weight excluding hydrogens is 367 g/mol. The molecule has 0 aromatic heterocycles. The van der Waals surface area contributed by atoms with Crippen molar-refractivity contribution in [1.82, 2.24) is 0 Å². The van der Waals surface area contributed by atoms with Crippen LogP contribution in [-0.4, -0.2) is 44.6 Å². The van der Waals surface area contributed by atoms with E-state index in [0.29, 0.717) is 0 Å². The number of unbranched alkanes of at least 4 members (excludes halogenated alkanes) is 13. The van der Waals surface area contributed by atoms with E-state index in [1.165, 1.54) is 77.0 Å². The molecule has 0 unspecified atom stereocenters. The second kappa shape index (κ2) is 18.2. The first-order valence-electron chi connectivity index (χ1n) is 10.6. The summed E-state index contributed by atoms with van der Waals surface area (Å²) < 4.78 is 29.0. The molecule has 0 atom stereocenters. The van der Waals surface area contributed by atoms with E-state index in [1.807, 2.05) is 0 Å². The molecule has 0 heterocycles. The Hall–Kier alpha value is 0.130. The van der Waals surface area contributed by atoms with Crippen LogP contribution in [0.15, 0.2) is 35.2 Å². The Morgan fingerprint density at radius 2 is 1.07 bits per heavy atom. The maximum absolute atomic E-state index is 11.9. The molecule has 1 radical (unpaired) electrons. The summed E-state index contributed by atoms with van der Waals surface area (Å²) in [6.07, 6.45) is 18.0. The van der Waals surface area contributed by atoms with E-state index < -0.39 is 10.1 Å². The van der Waals surface area contributed by atoms with Gasteiger partial charge in [-0.2, -0.15) is 8.42 Å². The Morgan fingerprint density at radius 1 is 0.667 bits per heavy atom. The summed E-state index contributed by atoms with van der Waals surface area (Å²) in [4.78, 5) is 0.241. The van der Waals surface area contributed by atoms with Crippen molar-refractivity contribution in [3.8, 4) is 0 Å². The summed E-state index contributed by atoms with van der Waals surface area (Å²) in [6.45, 7) is 2.55. The van der Waals surface area contributed by atoms with E-state index in [2.05, 4.69) is 6.92 Å². The minimum atomic E-state index is -3.58. The van der Waals surface area contributed by atoms with Gasteiger partial charge in [0.15, 0.2) is 0 Å². The van der Waals surface area contributed by atoms with Gasteiger partial charge in [-0.1, -0.05) is 109 Å². The molecule has 0 fully saturated rings. The molecule has 0 N–H and O–H groups in total. The molecule has 3 nitrogen and oxygen atoms in total. The molecule has 1 rings (SSSR count). The summed E-state index contributed by atoms with van der Waals surface area (Å²) >= 11 is 0. The van der Waals surface area contributed by atoms with Gasteiger partial charge in [0, 0.05) is 29.6 Å². The molecule has 151 valence electrons. The van der Waals surface area contributed by atoms with Gasteiger partial charge in [0.1, 0.15) is 0 Å². The van der Waals surface area contributed by atoms with Gasteiger partial charge >= 0.3 is 0 Å². The second-order valence-electron chi connectivity index (χ2n) is 7.19. The average molecular weight is 406 g/mol. The van der Waals surface area contributed by atoms with Crippen molar-refractivity contribution in [2.24, 2.45) is 0 Å². The Morgan fingerprint density at radius 3 is 1.52 bits per heavy atom. The van der Waals surface area contributed by atoms with E-state index in [4.69, 9.17) is 4.18 Å². The Bertz CT molecular complexity index is 532. The van der Waals surface area contributed by atoms with E-state index in [0.717, 1.165) is 12.8 Å². The normalized spacial score (nSPS) is 11.3. The number of rotatable bonds is 17. The molecule has 0 aliphatic rings. The summed E-state index contributed by atoms with van der Waals surface area (Å²) in [7, 11) is -3.58. The zero-order valence-electron chi connectivity index (χ0n) is 17.6. The molecule has 27 heavy (non-hydrogen) atoms. The maximum Gasteiger partial charge on any atom is 0.296 e. The standard InChI is InChI=1S/C22H38O3S.Na/c1-2-3-4-5-6-7-8-9-10-11-12-13-14-18-21-25-26(23,24)22-19-16-15-17-20-22;/h15-17,19-20H,2-14,18,21H2,1H3;. The number of hydrogen-bond acceptors (Lipinski definition) is 3. The molecule has 1 aromatic carbocycles. The van der Waals surface area contributed by atoms with Crippen molar-refractivity contribution in [2.45, 2.75) is 102 Å². The monoisotopic (exact) mass is 405 g/mol. The minimum Gasteiger partial charge on any atom is -0.266 e. The van der Waals surface area contributed by atoms with Crippen molar-refractivity contribution in [1.29, 1.82) is 0 Å². The van der Waals surface area contributed by atoms with Gasteiger partial charge in [-0.05, 0) is 18.6 Å². The van der Waals surface area contributed by atoms with Crippen LogP contribution < -0.4 is 0 Å². The fourth-order valence-corrected chi connectivity index (χ4v) is 4.08. The third kappa shape index (κ3) is 14.7. The van der Waals surface area contributed by atoms with Crippen molar-refractivity contribution in [2.75, 3.05) is 6.61 Å². The SMILES string of the molecule is CCCCCCCCCCCCCCCCOS(=O)(=O)c1ccccc1.[Na]. The molecule has 0 aliphatic carbocycles. The van der Waals surface area contributed by atoms with Gasteiger partial charge in [0.2, 0.25) is 0 Å². The van der Waals surface area contributed by atoms with Gasteiger partial charge in [-0.3, -0.25) is 4.18 Å². The smallest absolute Gasteiger partial charge is 0.266 e. The van der Waals surface area contributed by atoms with E-state index in [9.17, 15) is 8.42 Å². The molecule has 0 saturated carbocycles. The van der Waals surface area contributed by atoms with Crippen LogP contribution in [0.3, 0.4) is 0 Å². The second-order valence-corrected chi connectivity index (χ2v) is 8.80. The van der Waals surface area contributed by atoms with Crippen LogP contribution in [-0.2, 0) is 14.3 Å². The Balaban J connectivity index is 0.00000676. The summed E-state index contributed by atoms with van der Waals surface area (Å²) in [5, 5.41) is 0. The van der Waals surface area contributed by atoms with Crippen LogP contribution in [0.1, 0.15) is 96.8 Å². The van der Waals surface area contributed by atoms with Crippen LogP contribution in [0.5, 0.6) is 0 Å². The van der Waals surface area contributed by atoms with Gasteiger partial charge in [0.05, 0.1) is 11.5 Å². The van der Waals surface area contributed by atoms with Gasteiger partial charge in [0.25, 0.3) is 10.1 Å². The van der Waals surface area contributed by atoms with Gasteiger partial charge in [-0.25, -0.2) is 0 Å². The molecule has 1 aromatic rings. The third-order valence-electron chi connectivity index (χ3n) is 4.77. The zero-order valence-corrected chi connectivity index (χ0v) is 20.4. The van der Waals surface area contributed by atoms with E-state index >= 15 is 0 Å². The van der Waals surface area contributed by atoms with Gasteiger partial charge < -0.3 is 0 Å². The fourth-order valence-electron chi connectivity index (χ4n) is 3.12. The topological polar surface area (TPSA) is 43.4 Å². The number of benzene rings is 1. The molecule has 0 spiro atoms. The predicted octanol–water partition coefficient (Wildman–Crippen LogP) is 6.49. The van der Waals surface area contributed by atoms with Crippen molar-refractivity contribution >= 4 is 39.7 Å². The molecule has 5 heteroatoms. The summed E-state index contributed by atoms with van der Waals surface area (Å²) in [5.41, 5.74) is 0. The van der Waals surface area contributed by atoms with Crippen LogP contribution in [0.25, 0.3) is 0 Å². The summed E-state index contributed by atoms with van der Waals surface area (Å²) in [5.74, 6) is 0. The fraction of sp³-hybridized carbons (Fsp3) is 0.727. The van der Waals surface area contributed by atoms with Crippen molar-refractivity contribution in [3.05, 3.63) is 30.3 Å². The minimum absolute atomic E-state index is 0. The van der Waals surface area contributed by atoms with Crippen LogP contribution in [0, 0.1) is 0 Å². The van der Waals surface area contributed by atoms with Crippen LogP contribution in [0.2, 0.25) is 0 Å². The largest absolute Gasteiger partial charge is 0.296 e. The molecule has 0 aliphatic heterocycles. The summed E-state index contributed by atoms with van der Waals surface area (Å²) in [6, 6.07) is 8.36. The van der Waals surface area contributed by atoms with Crippen LogP contribution >= 0.6 is 0 Å². The molecule has 0 saturated heterocycles. The van der Waals surface area contributed by atoms with Crippen molar-refractivity contribution < 1.29 is 12.6 Å². The maximum atomic E-state index is 11.9. The Labute approximate surface area is 190 Å². The van der Waals surface area contributed by atoms with Crippen molar-refractivity contribution in [3.63, 3.8) is 0 Å². The third-order valence-corrected chi connectivity index (χ3v) is 6.09. The average Bonchev–Trinajstić information content (AvgIpc) is 2.65. The first-order valence-corrected chi connectivity index (χ1v) is 12.0. The molecule has 0 amide bonds. The first kappa shape index (κ1) is 27.1.